The first-order valence-electron chi connectivity index (χ1n) is 6.31. The van der Waals surface area contributed by atoms with Crippen molar-refractivity contribution in [3.63, 3.8) is 0 Å². The Bertz CT molecular complexity index is 257. The Morgan fingerprint density at radius 1 is 1.50 bits per heavy atom. The smallest absolute Gasteiger partial charge is 0.237 e. The minimum Gasteiger partial charge on any atom is -0.380 e. The summed E-state index contributed by atoms with van der Waals surface area (Å²) in [6.45, 7) is 2.98. The summed E-state index contributed by atoms with van der Waals surface area (Å²) in [5, 5.41) is 6.32. The van der Waals surface area contributed by atoms with Crippen LogP contribution in [0.25, 0.3) is 0 Å². The molecule has 2 rings (SSSR count). The third kappa shape index (κ3) is 2.74. The molecule has 1 amide bonds. The van der Waals surface area contributed by atoms with Crippen LogP contribution in [-0.2, 0) is 9.53 Å². The van der Waals surface area contributed by atoms with E-state index in [2.05, 4.69) is 17.6 Å². The van der Waals surface area contributed by atoms with Gasteiger partial charge in [-0.15, -0.1) is 0 Å². The van der Waals surface area contributed by atoms with E-state index in [1.165, 1.54) is 19.3 Å². The maximum Gasteiger partial charge on any atom is 0.237 e. The molecule has 16 heavy (non-hydrogen) atoms. The maximum atomic E-state index is 11.9. The molecule has 0 radical (unpaired) electrons. The lowest BCUT2D eigenvalue weighted by Crippen LogP contribution is -2.41. The minimum absolute atomic E-state index is 0.0483. The van der Waals surface area contributed by atoms with E-state index < -0.39 is 0 Å². The summed E-state index contributed by atoms with van der Waals surface area (Å²) in [4.78, 5) is 11.9. The van der Waals surface area contributed by atoms with Crippen LogP contribution in [0.5, 0.6) is 0 Å². The summed E-state index contributed by atoms with van der Waals surface area (Å²) in [5.74, 6) is 0.886. The summed E-state index contributed by atoms with van der Waals surface area (Å²) in [5.41, 5.74) is 0. The molecule has 1 aliphatic heterocycles. The zero-order valence-electron chi connectivity index (χ0n) is 10.2. The first kappa shape index (κ1) is 11.9. The third-order valence-corrected chi connectivity index (χ3v) is 3.65. The van der Waals surface area contributed by atoms with E-state index in [1.807, 2.05) is 0 Å². The number of hydrogen-bond donors (Lipinski definition) is 2. The van der Waals surface area contributed by atoms with Crippen LogP contribution in [0.15, 0.2) is 0 Å². The van der Waals surface area contributed by atoms with Crippen molar-refractivity contribution < 1.29 is 9.53 Å². The van der Waals surface area contributed by atoms with Gasteiger partial charge in [-0.25, -0.2) is 0 Å². The molecular weight excluding hydrogens is 204 g/mol. The standard InChI is InChI=1S/C12H22N2O2/c1-3-4-8-5-10(8)14-12(15)11-6-9(16-2)7-13-11/h8-11,13H,3-7H2,1-2H3,(H,14,15). The fourth-order valence-electron chi connectivity index (χ4n) is 2.48. The lowest BCUT2D eigenvalue weighted by atomic mass is 10.2. The summed E-state index contributed by atoms with van der Waals surface area (Å²) < 4.78 is 5.23. The average molecular weight is 226 g/mol. The van der Waals surface area contributed by atoms with E-state index in [0.29, 0.717) is 6.04 Å². The van der Waals surface area contributed by atoms with Crippen molar-refractivity contribution in [3.05, 3.63) is 0 Å². The van der Waals surface area contributed by atoms with Crippen molar-refractivity contribution >= 4 is 5.91 Å². The number of ether oxygens (including phenoxy) is 1. The predicted molar refractivity (Wildman–Crippen MR) is 62.2 cm³/mol. The number of methoxy groups -OCH3 is 1. The Morgan fingerprint density at radius 3 is 2.94 bits per heavy atom. The first-order valence-corrected chi connectivity index (χ1v) is 6.31. The van der Waals surface area contributed by atoms with Gasteiger partial charge in [-0.05, 0) is 25.2 Å². The van der Waals surface area contributed by atoms with Gasteiger partial charge < -0.3 is 15.4 Å². The highest BCUT2D eigenvalue weighted by atomic mass is 16.5. The highest BCUT2D eigenvalue weighted by Gasteiger charge is 2.39. The van der Waals surface area contributed by atoms with E-state index in [4.69, 9.17) is 4.74 Å². The molecule has 0 spiro atoms. The van der Waals surface area contributed by atoms with Crippen molar-refractivity contribution in [2.75, 3.05) is 13.7 Å². The Hall–Kier alpha value is -0.610. The molecule has 0 bridgehead atoms. The Balaban J connectivity index is 1.69. The number of hydrogen-bond acceptors (Lipinski definition) is 3. The third-order valence-electron chi connectivity index (χ3n) is 3.65. The molecule has 92 valence electrons. The Morgan fingerprint density at radius 2 is 2.31 bits per heavy atom. The topological polar surface area (TPSA) is 50.4 Å². The molecule has 2 fully saturated rings. The van der Waals surface area contributed by atoms with Crippen LogP contribution in [0, 0.1) is 5.92 Å². The number of carbonyl (C=O) groups is 1. The Kier molecular flexibility index (Phi) is 3.82. The van der Waals surface area contributed by atoms with E-state index in [9.17, 15) is 4.79 Å². The molecule has 1 heterocycles. The summed E-state index contributed by atoms with van der Waals surface area (Å²) >= 11 is 0. The number of nitrogens with one attached hydrogen (secondary N) is 2. The highest BCUT2D eigenvalue weighted by molar-refractivity contribution is 5.82. The molecule has 4 unspecified atom stereocenters. The van der Waals surface area contributed by atoms with E-state index in [-0.39, 0.29) is 18.1 Å². The van der Waals surface area contributed by atoms with Gasteiger partial charge in [0.15, 0.2) is 0 Å². The van der Waals surface area contributed by atoms with Gasteiger partial charge in [0.1, 0.15) is 0 Å². The molecule has 0 aromatic rings. The van der Waals surface area contributed by atoms with Crippen LogP contribution < -0.4 is 10.6 Å². The highest BCUT2D eigenvalue weighted by Crippen LogP contribution is 2.34. The SMILES string of the molecule is CCCC1CC1NC(=O)C1CC(OC)CN1. The summed E-state index contributed by atoms with van der Waals surface area (Å²) in [6, 6.07) is 0.392. The lowest BCUT2D eigenvalue weighted by molar-refractivity contribution is -0.123. The second-order valence-electron chi connectivity index (χ2n) is 4.95. The number of rotatable bonds is 5. The number of carbonyl (C=O) groups excluding carboxylic acids is 1. The molecular formula is C12H22N2O2. The molecule has 4 heteroatoms. The van der Waals surface area contributed by atoms with Crippen LogP contribution in [0.1, 0.15) is 32.6 Å². The van der Waals surface area contributed by atoms with Gasteiger partial charge in [-0.1, -0.05) is 13.3 Å². The largest absolute Gasteiger partial charge is 0.380 e. The van der Waals surface area contributed by atoms with Gasteiger partial charge in [-0.2, -0.15) is 0 Å². The van der Waals surface area contributed by atoms with Crippen LogP contribution in [-0.4, -0.2) is 37.7 Å². The van der Waals surface area contributed by atoms with Gasteiger partial charge >= 0.3 is 0 Å². The van der Waals surface area contributed by atoms with E-state index in [0.717, 1.165) is 18.9 Å². The second-order valence-corrected chi connectivity index (χ2v) is 4.95. The minimum atomic E-state index is -0.0483. The molecule has 4 nitrogen and oxygen atoms in total. The van der Waals surface area contributed by atoms with E-state index >= 15 is 0 Å². The van der Waals surface area contributed by atoms with Gasteiger partial charge in [0, 0.05) is 19.7 Å². The van der Waals surface area contributed by atoms with Crippen molar-refractivity contribution in [1.82, 2.24) is 10.6 Å². The predicted octanol–water partition coefficient (Wildman–Crippen LogP) is 0.668. The van der Waals surface area contributed by atoms with Gasteiger partial charge in [0.2, 0.25) is 5.91 Å². The van der Waals surface area contributed by atoms with Gasteiger partial charge in [0.05, 0.1) is 12.1 Å². The molecule has 0 aromatic carbocycles. The van der Waals surface area contributed by atoms with E-state index in [1.54, 1.807) is 7.11 Å². The van der Waals surface area contributed by atoms with Gasteiger partial charge in [-0.3, -0.25) is 4.79 Å². The zero-order chi connectivity index (χ0) is 11.5. The molecule has 1 saturated carbocycles. The van der Waals surface area contributed by atoms with Crippen LogP contribution in [0.4, 0.5) is 0 Å². The Labute approximate surface area is 97.1 Å². The molecule has 0 aromatic heterocycles. The van der Waals surface area contributed by atoms with Crippen LogP contribution in [0.2, 0.25) is 0 Å². The number of amides is 1. The molecule has 1 saturated heterocycles. The zero-order valence-corrected chi connectivity index (χ0v) is 10.2. The normalized spacial score (nSPS) is 37.4. The monoisotopic (exact) mass is 226 g/mol. The van der Waals surface area contributed by atoms with Gasteiger partial charge in [0.25, 0.3) is 0 Å². The van der Waals surface area contributed by atoms with Crippen molar-refractivity contribution in [3.8, 4) is 0 Å². The summed E-state index contributed by atoms with van der Waals surface area (Å²) in [6.07, 6.45) is 4.61. The van der Waals surface area contributed by atoms with Crippen molar-refractivity contribution in [1.29, 1.82) is 0 Å². The molecule has 2 aliphatic rings. The molecule has 2 N–H and O–H groups in total. The average Bonchev–Trinajstić information content (AvgIpc) is 2.84. The molecule has 1 aliphatic carbocycles. The van der Waals surface area contributed by atoms with Crippen molar-refractivity contribution in [2.24, 2.45) is 5.92 Å². The lowest BCUT2D eigenvalue weighted by Gasteiger charge is -2.11. The maximum absolute atomic E-state index is 11.9. The van der Waals surface area contributed by atoms with Crippen molar-refractivity contribution in [2.45, 2.75) is 50.8 Å². The summed E-state index contributed by atoms with van der Waals surface area (Å²) in [7, 11) is 1.70. The second kappa shape index (κ2) is 5.15. The quantitative estimate of drug-likeness (QED) is 0.724. The fraction of sp³-hybridized carbons (Fsp3) is 0.917. The molecule has 4 atom stereocenters. The van der Waals surface area contributed by atoms with Crippen LogP contribution in [0.3, 0.4) is 0 Å². The fourth-order valence-corrected chi connectivity index (χ4v) is 2.48. The van der Waals surface area contributed by atoms with Crippen LogP contribution >= 0.6 is 0 Å². The first-order chi connectivity index (χ1) is 7.74.